The number of carbonyl (C=O) groups excluding carboxylic acids is 3. The molecule has 0 saturated carbocycles. The summed E-state index contributed by atoms with van der Waals surface area (Å²) in [6, 6.07) is 3.45. The molecule has 0 aromatic heterocycles. The van der Waals surface area contributed by atoms with E-state index in [1.807, 2.05) is 0 Å². The molecule has 2 unspecified atom stereocenters. The molecule has 13 heteroatoms. The topological polar surface area (TPSA) is 186 Å². The number of benzene rings is 2. The van der Waals surface area contributed by atoms with Gasteiger partial charge in [-0.15, -0.1) is 0 Å². The van der Waals surface area contributed by atoms with Gasteiger partial charge in [0.15, 0.2) is 22.8 Å². The Morgan fingerprint density at radius 3 is 2.17 bits per heavy atom. The predicted molar refractivity (Wildman–Crippen MR) is 116 cm³/mol. The van der Waals surface area contributed by atoms with Crippen molar-refractivity contribution >= 4 is 23.6 Å². The molecule has 35 heavy (non-hydrogen) atoms. The van der Waals surface area contributed by atoms with Gasteiger partial charge >= 0.3 is 17.9 Å². The van der Waals surface area contributed by atoms with Crippen molar-refractivity contribution in [2.24, 2.45) is 5.92 Å². The maximum absolute atomic E-state index is 12.8. The highest BCUT2D eigenvalue weighted by Gasteiger charge is 2.33. The van der Waals surface area contributed by atoms with Gasteiger partial charge < -0.3 is 39.1 Å². The number of rotatable bonds is 9. The SMILES string of the molecule is COC(=O)c1c(Oc2cc(C)cc(O)c2C(=O)OCC(C)C(=O)OC)c(OC)cc(O)c1[NH+]([O-])O. The average Bonchev–Trinajstić information content (AvgIpc) is 2.80. The van der Waals surface area contributed by atoms with Gasteiger partial charge in [0.2, 0.25) is 5.69 Å². The Morgan fingerprint density at radius 2 is 1.63 bits per heavy atom. The highest BCUT2D eigenvalue weighted by atomic mass is 16.8. The van der Waals surface area contributed by atoms with E-state index in [1.54, 1.807) is 6.92 Å². The first-order chi connectivity index (χ1) is 16.5. The predicted octanol–water partition coefficient (Wildman–Crippen LogP) is 1.36. The maximum atomic E-state index is 12.8. The number of phenolic OH excluding ortho intramolecular Hbond substituents is 2. The Bertz CT molecular complexity index is 1130. The van der Waals surface area contributed by atoms with Crippen LogP contribution in [0.15, 0.2) is 18.2 Å². The number of aryl methyl sites for hydroxylation is 1. The van der Waals surface area contributed by atoms with Gasteiger partial charge in [-0.05, 0) is 31.5 Å². The smallest absolute Gasteiger partial charge is 0.348 e. The second-order valence-electron chi connectivity index (χ2n) is 7.26. The van der Waals surface area contributed by atoms with E-state index in [2.05, 4.69) is 9.47 Å². The molecule has 4 N–H and O–H groups in total. The third-order valence-corrected chi connectivity index (χ3v) is 4.76. The van der Waals surface area contributed by atoms with Gasteiger partial charge in [-0.25, -0.2) is 14.8 Å². The Hall–Kier alpha value is -4.07. The summed E-state index contributed by atoms with van der Waals surface area (Å²) in [7, 11) is 3.33. The molecule has 2 aromatic carbocycles. The Morgan fingerprint density at radius 1 is 0.971 bits per heavy atom. The standard InChI is InChI=1S/C22H25NO12/c1-10-6-12(24)16(22(28)34-9-11(2)20(26)32-4)14(7-10)35-19-15(31-3)8-13(25)18(23(29)30)17(19)21(27)33-5/h6-8,11,23-25,29H,9H2,1-5H3. The monoisotopic (exact) mass is 495 g/mol. The minimum atomic E-state index is -1.67. The molecule has 0 bridgehead atoms. The molecule has 0 heterocycles. The Balaban J connectivity index is 2.65. The van der Waals surface area contributed by atoms with Crippen LogP contribution in [-0.4, -0.2) is 61.3 Å². The van der Waals surface area contributed by atoms with E-state index in [1.165, 1.54) is 33.3 Å². The molecule has 0 aliphatic heterocycles. The summed E-state index contributed by atoms with van der Waals surface area (Å²) in [5, 5.41) is 40.2. The number of phenols is 2. The molecule has 0 fully saturated rings. The highest BCUT2D eigenvalue weighted by Crippen LogP contribution is 2.45. The number of hydrogen-bond acceptors (Lipinski definition) is 12. The van der Waals surface area contributed by atoms with Gasteiger partial charge in [-0.2, -0.15) is 5.23 Å². The fourth-order valence-corrected chi connectivity index (χ4v) is 3.07. The number of nitrogens with one attached hydrogen (secondary N) is 1. The lowest BCUT2D eigenvalue weighted by atomic mass is 10.1. The van der Waals surface area contributed by atoms with Crippen LogP contribution in [0.1, 0.15) is 33.2 Å². The van der Waals surface area contributed by atoms with Gasteiger partial charge in [0.05, 0.1) is 27.2 Å². The lowest BCUT2D eigenvalue weighted by molar-refractivity contribution is -0.991. The summed E-state index contributed by atoms with van der Waals surface area (Å²) in [6.07, 6.45) is 0. The first kappa shape index (κ1) is 27.2. The van der Waals surface area contributed by atoms with Crippen molar-refractivity contribution in [2.45, 2.75) is 13.8 Å². The van der Waals surface area contributed by atoms with Crippen molar-refractivity contribution in [3.8, 4) is 28.7 Å². The average molecular weight is 495 g/mol. The van der Waals surface area contributed by atoms with Crippen LogP contribution in [0, 0.1) is 18.0 Å². The third kappa shape index (κ3) is 5.90. The Labute approximate surface area is 199 Å². The van der Waals surface area contributed by atoms with Crippen LogP contribution in [0.25, 0.3) is 0 Å². The van der Waals surface area contributed by atoms with Crippen molar-refractivity contribution < 1.29 is 58.7 Å². The summed E-state index contributed by atoms with van der Waals surface area (Å²) >= 11 is 0. The summed E-state index contributed by atoms with van der Waals surface area (Å²) in [5.74, 6) is -6.14. The second kappa shape index (κ2) is 11.4. The molecule has 0 radical (unpaired) electrons. The molecule has 0 aliphatic rings. The van der Waals surface area contributed by atoms with Crippen LogP contribution in [0.4, 0.5) is 5.69 Å². The fourth-order valence-electron chi connectivity index (χ4n) is 3.07. The van der Waals surface area contributed by atoms with Gasteiger partial charge in [0.1, 0.15) is 23.7 Å². The molecular weight excluding hydrogens is 470 g/mol. The van der Waals surface area contributed by atoms with Crippen LogP contribution >= 0.6 is 0 Å². The first-order valence-corrected chi connectivity index (χ1v) is 9.98. The second-order valence-corrected chi connectivity index (χ2v) is 7.26. The molecule has 0 amide bonds. The van der Waals surface area contributed by atoms with Crippen LogP contribution in [0.3, 0.4) is 0 Å². The quantitative estimate of drug-likeness (QED) is 0.170. The third-order valence-electron chi connectivity index (χ3n) is 4.76. The summed E-state index contributed by atoms with van der Waals surface area (Å²) in [4.78, 5) is 36.8. The molecular formula is C22H25NO12. The minimum absolute atomic E-state index is 0.271. The largest absolute Gasteiger partial charge is 0.595 e. The van der Waals surface area contributed by atoms with Crippen LogP contribution in [0.2, 0.25) is 0 Å². The van der Waals surface area contributed by atoms with Crippen molar-refractivity contribution in [1.29, 1.82) is 0 Å². The molecule has 13 nitrogen and oxygen atoms in total. The number of quaternary nitrogens is 1. The van der Waals surface area contributed by atoms with E-state index in [0.29, 0.717) is 5.56 Å². The normalized spacial score (nSPS) is 12.3. The number of carbonyl (C=O) groups is 3. The van der Waals surface area contributed by atoms with Crippen molar-refractivity contribution in [3.05, 3.63) is 40.1 Å². The molecule has 2 aromatic rings. The van der Waals surface area contributed by atoms with Gasteiger partial charge in [0.25, 0.3) is 0 Å². The maximum Gasteiger partial charge on any atom is 0.348 e. The van der Waals surface area contributed by atoms with E-state index in [4.69, 9.17) is 14.2 Å². The van der Waals surface area contributed by atoms with Crippen LogP contribution in [-0.2, 0) is 19.0 Å². The molecule has 190 valence electrons. The van der Waals surface area contributed by atoms with Gasteiger partial charge in [-0.3, -0.25) is 4.79 Å². The number of methoxy groups -OCH3 is 3. The lowest BCUT2D eigenvalue weighted by Crippen LogP contribution is -2.99. The fraction of sp³-hybridized carbons (Fsp3) is 0.318. The number of hydrogen-bond donors (Lipinski definition) is 4. The molecule has 0 saturated heterocycles. The van der Waals surface area contributed by atoms with Crippen molar-refractivity contribution in [1.82, 2.24) is 0 Å². The molecule has 0 aliphatic carbocycles. The Kier molecular flexibility index (Phi) is 8.83. The minimum Gasteiger partial charge on any atom is -0.595 e. The highest BCUT2D eigenvalue weighted by molar-refractivity contribution is 6.00. The van der Waals surface area contributed by atoms with Crippen molar-refractivity contribution in [2.75, 3.05) is 27.9 Å². The van der Waals surface area contributed by atoms with Crippen LogP contribution < -0.4 is 14.7 Å². The molecule has 2 atom stereocenters. The number of ether oxygens (including phenoxy) is 5. The number of aromatic hydroxyl groups is 2. The van der Waals surface area contributed by atoms with Gasteiger partial charge in [0, 0.05) is 6.07 Å². The van der Waals surface area contributed by atoms with E-state index in [0.717, 1.165) is 13.2 Å². The number of esters is 3. The molecule has 0 spiro atoms. The van der Waals surface area contributed by atoms with E-state index in [-0.39, 0.29) is 18.1 Å². The van der Waals surface area contributed by atoms with Crippen LogP contribution in [0.5, 0.6) is 28.7 Å². The summed E-state index contributed by atoms with van der Waals surface area (Å²) in [5.41, 5.74) is -1.58. The molecule has 2 rings (SSSR count). The zero-order valence-electron chi connectivity index (χ0n) is 19.5. The summed E-state index contributed by atoms with van der Waals surface area (Å²) < 4.78 is 25.2. The zero-order valence-corrected chi connectivity index (χ0v) is 19.5. The lowest BCUT2D eigenvalue weighted by Gasteiger charge is -2.21. The summed E-state index contributed by atoms with van der Waals surface area (Å²) in [6.45, 7) is 2.65. The van der Waals surface area contributed by atoms with E-state index >= 15 is 0 Å². The van der Waals surface area contributed by atoms with Crippen molar-refractivity contribution in [3.63, 3.8) is 0 Å². The van der Waals surface area contributed by atoms with E-state index < -0.39 is 63.1 Å². The van der Waals surface area contributed by atoms with E-state index in [9.17, 15) is 35.0 Å². The zero-order chi connectivity index (χ0) is 26.4. The first-order valence-electron chi connectivity index (χ1n) is 9.98. The van der Waals surface area contributed by atoms with Gasteiger partial charge in [-0.1, -0.05) is 0 Å².